The van der Waals surface area contributed by atoms with Gasteiger partial charge in [-0.2, -0.15) is 0 Å². The Bertz CT molecular complexity index is 641. The fourth-order valence-corrected chi connectivity index (χ4v) is 2.99. The fourth-order valence-electron chi connectivity index (χ4n) is 1.72. The second kappa shape index (κ2) is 6.90. The summed E-state index contributed by atoms with van der Waals surface area (Å²) in [5, 5.41) is 0. The van der Waals surface area contributed by atoms with Gasteiger partial charge in [0, 0.05) is 15.8 Å². The first-order valence-corrected chi connectivity index (χ1v) is 8.06. The van der Waals surface area contributed by atoms with Crippen LogP contribution >= 0.6 is 15.9 Å². The van der Waals surface area contributed by atoms with Crippen molar-refractivity contribution in [1.29, 1.82) is 0 Å². The van der Waals surface area contributed by atoms with Crippen LogP contribution in [0.3, 0.4) is 0 Å². The van der Waals surface area contributed by atoms with Crippen LogP contribution in [0, 0.1) is 5.82 Å². The van der Waals surface area contributed by atoms with E-state index in [-0.39, 0.29) is 18.0 Å². The van der Waals surface area contributed by atoms with Gasteiger partial charge in [-0.1, -0.05) is 34.1 Å². The van der Waals surface area contributed by atoms with Crippen LogP contribution in [0.5, 0.6) is 0 Å². The van der Waals surface area contributed by atoms with Crippen molar-refractivity contribution in [2.24, 2.45) is 0 Å². The molecular weight excluding hydrogens is 343 g/mol. The van der Waals surface area contributed by atoms with E-state index in [0.717, 1.165) is 4.47 Å². The molecule has 0 saturated carbocycles. The van der Waals surface area contributed by atoms with Crippen molar-refractivity contribution in [3.8, 4) is 0 Å². The van der Waals surface area contributed by atoms with E-state index in [0.29, 0.717) is 10.5 Å². The Hall–Kier alpha value is -1.33. The molecule has 2 aromatic rings. The second-order valence-electron chi connectivity index (χ2n) is 4.25. The van der Waals surface area contributed by atoms with Crippen LogP contribution in [0.25, 0.3) is 0 Å². The predicted molar refractivity (Wildman–Crippen MR) is 80.5 cm³/mol. The van der Waals surface area contributed by atoms with Crippen LogP contribution in [-0.2, 0) is 22.0 Å². The monoisotopic (exact) mass is 354 g/mol. The molecule has 0 aliphatic carbocycles. The number of hydrogen-bond acceptors (Lipinski definition) is 2. The highest BCUT2D eigenvalue weighted by molar-refractivity contribution is 9.10. The first kappa shape index (κ1) is 15.1. The minimum Gasteiger partial charge on any atom is -0.298 e. The molecule has 0 aliphatic heterocycles. The van der Waals surface area contributed by atoms with Gasteiger partial charge in [0.05, 0.1) is 16.6 Å². The van der Waals surface area contributed by atoms with E-state index in [1.807, 2.05) is 0 Å². The third-order valence-electron chi connectivity index (χ3n) is 2.71. The van der Waals surface area contributed by atoms with Crippen molar-refractivity contribution in [2.45, 2.75) is 11.3 Å². The Kier molecular flexibility index (Phi) is 5.20. The summed E-state index contributed by atoms with van der Waals surface area (Å²) >= 11 is 3.29. The van der Waals surface area contributed by atoms with Gasteiger partial charge in [-0.05, 0) is 35.9 Å². The molecule has 0 radical (unpaired) electrons. The Morgan fingerprint density at radius 1 is 1.10 bits per heavy atom. The normalized spacial score (nSPS) is 12.1. The number of carbonyl (C=O) groups is 1. The summed E-state index contributed by atoms with van der Waals surface area (Å²) < 4.78 is 26.3. The number of hydrogen-bond donors (Lipinski definition) is 0. The number of halogens is 2. The highest BCUT2D eigenvalue weighted by Crippen LogP contribution is 2.14. The van der Waals surface area contributed by atoms with Crippen molar-refractivity contribution < 1.29 is 13.4 Å². The Morgan fingerprint density at radius 2 is 1.75 bits per heavy atom. The zero-order valence-electron chi connectivity index (χ0n) is 10.5. The molecule has 2 rings (SSSR count). The molecule has 104 valence electrons. The largest absolute Gasteiger partial charge is 0.298 e. The van der Waals surface area contributed by atoms with E-state index in [1.54, 1.807) is 42.5 Å². The average Bonchev–Trinajstić information content (AvgIpc) is 2.42. The molecule has 0 heterocycles. The van der Waals surface area contributed by atoms with Gasteiger partial charge in [0.25, 0.3) is 0 Å². The lowest BCUT2D eigenvalue weighted by atomic mass is 10.1. The first-order valence-electron chi connectivity index (χ1n) is 5.95. The summed E-state index contributed by atoms with van der Waals surface area (Å²) in [6.45, 7) is 0. The molecular formula is C15H12BrFO2S. The number of carbonyl (C=O) groups excluding carboxylic acids is 1. The summed E-state index contributed by atoms with van der Waals surface area (Å²) in [4.78, 5) is 12.4. The molecule has 0 amide bonds. The van der Waals surface area contributed by atoms with E-state index in [9.17, 15) is 13.4 Å². The molecule has 2 aromatic carbocycles. The van der Waals surface area contributed by atoms with Crippen molar-refractivity contribution in [3.63, 3.8) is 0 Å². The molecule has 0 aromatic heterocycles. The van der Waals surface area contributed by atoms with E-state index in [1.165, 1.54) is 6.07 Å². The van der Waals surface area contributed by atoms with Crippen molar-refractivity contribution in [1.82, 2.24) is 0 Å². The summed E-state index contributed by atoms with van der Waals surface area (Å²) in [6, 6.07) is 13.1. The third kappa shape index (κ3) is 4.08. The van der Waals surface area contributed by atoms with E-state index < -0.39 is 16.6 Å². The van der Waals surface area contributed by atoms with Gasteiger partial charge in [-0.25, -0.2) is 4.39 Å². The molecule has 0 fully saturated rings. The molecule has 0 saturated heterocycles. The predicted octanol–water partition coefficient (Wildman–Crippen LogP) is 3.51. The molecule has 0 bridgehead atoms. The van der Waals surface area contributed by atoms with Crippen molar-refractivity contribution in [2.75, 3.05) is 5.75 Å². The lowest BCUT2D eigenvalue weighted by Gasteiger charge is -2.04. The van der Waals surface area contributed by atoms with Gasteiger partial charge in [0.2, 0.25) is 0 Å². The number of benzene rings is 2. The van der Waals surface area contributed by atoms with Gasteiger partial charge in [0.1, 0.15) is 11.6 Å². The van der Waals surface area contributed by atoms with Crippen LogP contribution in [0.1, 0.15) is 5.56 Å². The lowest BCUT2D eigenvalue weighted by molar-refractivity contribution is -0.116. The van der Waals surface area contributed by atoms with Crippen LogP contribution in [0.15, 0.2) is 57.9 Å². The van der Waals surface area contributed by atoms with Gasteiger partial charge in [0.15, 0.2) is 0 Å². The first-order chi connectivity index (χ1) is 9.56. The average molecular weight is 355 g/mol. The van der Waals surface area contributed by atoms with E-state index in [4.69, 9.17) is 0 Å². The SMILES string of the molecule is O=C(Cc1ccccc1F)CS(=O)c1ccc(Br)cc1. The maximum absolute atomic E-state index is 13.4. The molecule has 20 heavy (non-hydrogen) atoms. The molecule has 5 heteroatoms. The summed E-state index contributed by atoms with van der Waals surface area (Å²) in [6.07, 6.45) is -0.0328. The summed E-state index contributed by atoms with van der Waals surface area (Å²) in [7, 11) is -1.39. The number of rotatable bonds is 5. The zero-order chi connectivity index (χ0) is 14.5. The summed E-state index contributed by atoms with van der Waals surface area (Å²) in [5.74, 6) is -0.748. The minimum atomic E-state index is -1.39. The van der Waals surface area contributed by atoms with Crippen molar-refractivity contribution in [3.05, 3.63) is 64.4 Å². The minimum absolute atomic E-state index is 0.0328. The maximum Gasteiger partial charge on any atom is 0.150 e. The quantitative estimate of drug-likeness (QED) is 0.823. The van der Waals surface area contributed by atoms with Crippen LogP contribution in [-0.4, -0.2) is 15.7 Å². The standard InChI is InChI=1S/C15H12BrFO2S/c16-12-5-7-14(8-6-12)20(19)10-13(18)9-11-3-1-2-4-15(11)17/h1-8H,9-10H2. The van der Waals surface area contributed by atoms with Gasteiger partial charge in [-0.3, -0.25) is 9.00 Å². The molecule has 2 nitrogen and oxygen atoms in total. The van der Waals surface area contributed by atoms with Gasteiger partial charge < -0.3 is 0 Å². The van der Waals surface area contributed by atoms with E-state index in [2.05, 4.69) is 15.9 Å². The second-order valence-corrected chi connectivity index (χ2v) is 6.62. The van der Waals surface area contributed by atoms with E-state index >= 15 is 0 Å². The smallest absolute Gasteiger partial charge is 0.150 e. The van der Waals surface area contributed by atoms with Gasteiger partial charge in [-0.15, -0.1) is 0 Å². The highest BCUT2D eigenvalue weighted by Gasteiger charge is 2.12. The number of ketones is 1. The molecule has 1 unspecified atom stereocenters. The summed E-state index contributed by atoms with van der Waals surface area (Å²) in [5.41, 5.74) is 0.338. The van der Waals surface area contributed by atoms with Crippen LogP contribution in [0.2, 0.25) is 0 Å². The van der Waals surface area contributed by atoms with Crippen molar-refractivity contribution >= 4 is 32.5 Å². The molecule has 0 aliphatic rings. The maximum atomic E-state index is 13.4. The van der Waals surface area contributed by atoms with Crippen LogP contribution < -0.4 is 0 Å². The number of Topliss-reactive ketones (excluding diaryl/α,β-unsaturated/α-hetero) is 1. The Morgan fingerprint density at radius 3 is 2.40 bits per heavy atom. The van der Waals surface area contributed by atoms with Crippen LogP contribution in [0.4, 0.5) is 4.39 Å². The third-order valence-corrected chi connectivity index (χ3v) is 4.62. The Labute approximate surface area is 127 Å². The highest BCUT2D eigenvalue weighted by atomic mass is 79.9. The van der Waals surface area contributed by atoms with Gasteiger partial charge >= 0.3 is 0 Å². The topological polar surface area (TPSA) is 34.1 Å². The molecule has 0 spiro atoms. The Balaban J connectivity index is 2.00. The zero-order valence-corrected chi connectivity index (χ0v) is 12.9. The molecule has 0 N–H and O–H groups in total. The lowest BCUT2D eigenvalue weighted by Crippen LogP contribution is -2.14. The molecule has 1 atom stereocenters. The fraction of sp³-hybridized carbons (Fsp3) is 0.133.